The number of thiazole rings is 1. The van der Waals surface area contributed by atoms with Gasteiger partial charge in [0, 0.05) is 21.7 Å². The van der Waals surface area contributed by atoms with E-state index in [4.69, 9.17) is 16.3 Å². The van der Waals surface area contributed by atoms with Gasteiger partial charge in [0.1, 0.15) is 5.69 Å². The minimum atomic E-state index is 0.620. The van der Waals surface area contributed by atoms with Crippen molar-refractivity contribution in [1.29, 1.82) is 0 Å². The summed E-state index contributed by atoms with van der Waals surface area (Å²) in [6.45, 7) is 0.620. The first kappa shape index (κ1) is 13.7. The van der Waals surface area contributed by atoms with E-state index in [1.807, 2.05) is 34.2 Å². The summed E-state index contributed by atoms with van der Waals surface area (Å²) >= 11 is 11.0. The zero-order valence-corrected chi connectivity index (χ0v) is 13.7. The standard InChI is InChI=1S/C13H11BrClN3OS/c1-19-12-11(18-4-5-20-13(18)17-12)7-16-8-2-3-10(15)9(14)6-8/h2-6,16H,7H2,1H3. The molecule has 0 aliphatic carbocycles. The van der Waals surface area contributed by atoms with Crippen molar-refractivity contribution in [3.63, 3.8) is 0 Å². The first-order valence-corrected chi connectivity index (χ1v) is 7.91. The number of hydrogen-bond donors (Lipinski definition) is 1. The van der Waals surface area contributed by atoms with Crippen molar-refractivity contribution in [1.82, 2.24) is 9.38 Å². The first-order chi connectivity index (χ1) is 9.69. The number of nitrogens with zero attached hydrogens (tertiary/aromatic N) is 2. The normalized spacial score (nSPS) is 10.9. The number of aromatic nitrogens is 2. The van der Waals surface area contributed by atoms with Crippen molar-refractivity contribution >= 4 is 49.5 Å². The molecule has 0 atom stereocenters. The topological polar surface area (TPSA) is 38.6 Å². The van der Waals surface area contributed by atoms with Crippen LogP contribution in [0.3, 0.4) is 0 Å². The lowest BCUT2D eigenvalue weighted by Crippen LogP contribution is -2.03. The fraction of sp³-hybridized carbons (Fsp3) is 0.154. The maximum absolute atomic E-state index is 5.98. The third kappa shape index (κ3) is 2.51. The molecule has 3 aromatic rings. The molecule has 0 fully saturated rings. The average molecular weight is 373 g/mol. The van der Waals surface area contributed by atoms with Crippen LogP contribution in [0, 0.1) is 0 Å². The SMILES string of the molecule is COc1nc2sccn2c1CNc1ccc(Cl)c(Br)c1. The Kier molecular flexibility index (Phi) is 3.87. The molecule has 0 unspecified atom stereocenters. The van der Waals surface area contributed by atoms with E-state index in [0.717, 1.165) is 20.8 Å². The number of imidazole rings is 1. The van der Waals surface area contributed by atoms with Gasteiger partial charge in [-0.3, -0.25) is 4.40 Å². The maximum atomic E-state index is 5.98. The lowest BCUT2D eigenvalue weighted by molar-refractivity contribution is 0.395. The number of fused-ring (bicyclic) bond motifs is 1. The van der Waals surface area contributed by atoms with Crippen LogP contribution in [-0.2, 0) is 6.54 Å². The van der Waals surface area contributed by atoms with Crippen molar-refractivity contribution in [3.8, 4) is 5.88 Å². The molecule has 2 aromatic heterocycles. The summed E-state index contributed by atoms with van der Waals surface area (Å²) in [4.78, 5) is 5.35. The molecule has 0 aliphatic rings. The Hall–Kier alpha value is -1.24. The summed E-state index contributed by atoms with van der Waals surface area (Å²) in [5.41, 5.74) is 1.98. The Bertz CT molecular complexity index is 755. The van der Waals surface area contributed by atoms with Crippen molar-refractivity contribution in [2.45, 2.75) is 6.54 Å². The Morgan fingerprint density at radius 3 is 3.10 bits per heavy atom. The number of anilines is 1. The molecule has 1 N–H and O–H groups in total. The van der Waals surface area contributed by atoms with E-state index in [2.05, 4.69) is 26.2 Å². The fourth-order valence-corrected chi connectivity index (χ4v) is 3.15. The van der Waals surface area contributed by atoms with E-state index in [9.17, 15) is 0 Å². The minimum Gasteiger partial charge on any atom is -0.480 e. The van der Waals surface area contributed by atoms with Crippen LogP contribution in [0.1, 0.15) is 5.69 Å². The third-order valence-electron chi connectivity index (χ3n) is 2.90. The number of benzene rings is 1. The van der Waals surface area contributed by atoms with Gasteiger partial charge in [0.2, 0.25) is 5.88 Å². The summed E-state index contributed by atoms with van der Waals surface area (Å²) < 4.78 is 8.22. The van der Waals surface area contributed by atoms with Gasteiger partial charge < -0.3 is 10.1 Å². The lowest BCUT2D eigenvalue weighted by Gasteiger charge is -2.08. The number of rotatable bonds is 4. The van der Waals surface area contributed by atoms with Gasteiger partial charge in [0.05, 0.1) is 18.7 Å². The molecule has 2 heterocycles. The Morgan fingerprint density at radius 2 is 2.35 bits per heavy atom. The average Bonchev–Trinajstić information content (AvgIpc) is 3.00. The van der Waals surface area contributed by atoms with E-state index in [1.54, 1.807) is 18.4 Å². The van der Waals surface area contributed by atoms with E-state index in [0.29, 0.717) is 17.4 Å². The summed E-state index contributed by atoms with van der Waals surface area (Å²) in [6.07, 6.45) is 1.99. The molecular formula is C13H11BrClN3OS. The van der Waals surface area contributed by atoms with Gasteiger partial charge in [0.15, 0.2) is 4.96 Å². The predicted molar refractivity (Wildman–Crippen MR) is 86.1 cm³/mol. The monoisotopic (exact) mass is 371 g/mol. The Labute approximate surface area is 133 Å². The van der Waals surface area contributed by atoms with Gasteiger partial charge >= 0.3 is 0 Å². The zero-order valence-electron chi connectivity index (χ0n) is 10.6. The Morgan fingerprint density at radius 1 is 1.50 bits per heavy atom. The number of hydrogen-bond acceptors (Lipinski definition) is 4. The minimum absolute atomic E-state index is 0.620. The molecular weight excluding hydrogens is 362 g/mol. The fourth-order valence-electron chi connectivity index (χ4n) is 1.93. The van der Waals surface area contributed by atoms with Crippen molar-refractivity contribution in [2.75, 3.05) is 12.4 Å². The molecule has 3 rings (SSSR count). The van der Waals surface area contributed by atoms with Gasteiger partial charge in [-0.25, -0.2) is 0 Å². The molecule has 1 aromatic carbocycles. The molecule has 0 saturated carbocycles. The second-order valence-corrected chi connectivity index (χ2v) is 6.24. The maximum Gasteiger partial charge on any atom is 0.238 e. The van der Waals surface area contributed by atoms with Crippen LogP contribution in [0.15, 0.2) is 34.2 Å². The number of ether oxygens (including phenoxy) is 1. The molecule has 7 heteroatoms. The van der Waals surface area contributed by atoms with Crippen LogP contribution in [0.25, 0.3) is 4.96 Å². The molecule has 0 bridgehead atoms. The summed E-state index contributed by atoms with van der Waals surface area (Å²) in [7, 11) is 1.63. The predicted octanol–water partition coefficient (Wildman–Crippen LogP) is 4.43. The van der Waals surface area contributed by atoms with Crippen LogP contribution in [0.4, 0.5) is 5.69 Å². The van der Waals surface area contributed by atoms with Crippen molar-refractivity contribution < 1.29 is 4.74 Å². The van der Waals surface area contributed by atoms with Gasteiger partial charge in [-0.2, -0.15) is 4.98 Å². The van der Waals surface area contributed by atoms with Crippen LogP contribution >= 0.6 is 38.9 Å². The highest BCUT2D eigenvalue weighted by atomic mass is 79.9. The van der Waals surface area contributed by atoms with E-state index in [-0.39, 0.29) is 0 Å². The summed E-state index contributed by atoms with van der Waals surface area (Å²) in [6, 6.07) is 5.73. The third-order valence-corrected chi connectivity index (χ3v) is 4.87. The molecule has 4 nitrogen and oxygen atoms in total. The van der Waals surface area contributed by atoms with Crippen LogP contribution < -0.4 is 10.1 Å². The molecule has 0 amide bonds. The second kappa shape index (κ2) is 5.63. The lowest BCUT2D eigenvalue weighted by atomic mass is 10.3. The van der Waals surface area contributed by atoms with Crippen molar-refractivity contribution in [2.24, 2.45) is 0 Å². The van der Waals surface area contributed by atoms with Gasteiger partial charge in [-0.15, -0.1) is 11.3 Å². The molecule has 0 saturated heterocycles. The molecule has 0 aliphatic heterocycles. The summed E-state index contributed by atoms with van der Waals surface area (Å²) in [5.74, 6) is 0.650. The van der Waals surface area contributed by atoms with E-state index >= 15 is 0 Å². The van der Waals surface area contributed by atoms with E-state index < -0.39 is 0 Å². The quantitative estimate of drug-likeness (QED) is 0.736. The molecule has 0 radical (unpaired) electrons. The highest BCUT2D eigenvalue weighted by Crippen LogP contribution is 2.27. The van der Waals surface area contributed by atoms with Gasteiger partial charge in [-0.1, -0.05) is 11.6 Å². The van der Waals surface area contributed by atoms with Crippen LogP contribution in [0.5, 0.6) is 5.88 Å². The highest BCUT2D eigenvalue weighted by molar-refractivity contribution is 9.10. The smallest absolute Gasteiger partial charge is 0.238 e. The van der Waals surface area contributed by atoms with E-state index in [1.165, 1.54) is 0 Å². The largest absolute Gasteiger partial charge is 0.480 e. The van der Waals surface area contributed by atoms with Crippen molar-refractivity contribution in [3.05, 3.63) is 45.0 Å². The second-order valence-electron chi connectivity index (χ2n) is 4.11. The summed E-state index contributed by atoms with van der Waals surface area (Å²) in [5, 5.41) is 6.04. The Balaban J connectivity index is 1.85. The van der Waals surface area contributed by atoms with Gasteiger partial charge in [0.25, 0.3) is 0 Å². The first-order valence-electron chi connectivity index (χ1n) is 5.86. The number of methoxy groups -OCH3 is 1. The van der Waals surface area contributed by atoms with Crippen LogP contribution in [-0.4, -0.2) is 16.5 Å². The molecule has 20 heavy (non-hydrogen) atoms. The zero-order chi connectivity index (χ0) is 14.1. The molecule has 104 valence electrons. The van der Waals surface area contributed by atoms with Crippen LogP contribution in [0.2, 0.25) is 5.02 Å². The molecule has 0 spiro atoms. The van der Waals surface area contributed by atoms with Gasteiger partial charge in [-0.05, 0) is 34.1 Å². The number of nitrogens with one attached hydrogen (secondary N) is 1. The number of halogens is 2. The highest BCUT2D eigenvalue weighted by Gasteiger charge is 2.13.